The lowest BCUT2D eigenvalue weighted by Gasteiger charge is -2.35. The molecule has 26 heavy (non-hydrogen) atoms. The van der Waals surface area contributed by atoms with E-state index in [-0.39, 0.29) is 36.2 Å². The quantitative estimate of drug-likeness (QED) is 0.811. The molecule has 0 unspecified atom stereocenters. The fraction of sp³-hybridized carbons (Fsp3) is 0.600. The Bertz CT molecular complexity index is 583. The molecule has 2 saturated heterocycles. The number of morpholine rings is 2. The van der Waals surface area contributed by atoms with E-state index in [2.05, 4.69) is 0 Å². The van der Waals surface area contributed by atoms with Crippen molar-refractivity contribution in [2.24, 2.45) is 0 Å². The summed E-state index contributed by atoms with van der Waals surface area (Å²) in [4.78, 5) is 29.1. The van der Waals surface area contributed by atoms with Crippen LogP contribution in [-0.4, -0.2) is 72.2 Å². The van der Waals surface area contributed by atoms with Gasteiger partial charge >= 0.3 is 0 Å². The maximum Gasteiger partial charge on any atom is 0.254 e. The van der Waals surface area contributed by atoms with Crippen LogP contribution >= 0.6 is 0 Å². The Morgan fingerprint density at radius 2 is 0.962 bits per heavy atom. The van der Waals surface area contributed by atoms with Crippen LogP contribution in [0.2, 0.25) is 0 Å². The molecule has 0 aliphatic carbocycles. The summed E-state index contributed by atoms with van der Waals surface area (Å²) in [6.07, 6.45) is 0.144. The van der Waals surface area contributed by atoms with Gasteiger partial charge < -0.3 is 19.3 Å². The minimum Gasteiger partial charge on any atom is -0.372 e. The Hall–Kier alpha value is -1.92. The molecule has 1 aromatic carbocycles. The van der Waals surface area contributed by atoms with Gasteiger partial charge in [0.2, 0.25) is 0 Å². The highest BCUT2D eigenvalue weighted by molar-refractivity contribution is 5.98. The standard InChI is InChI=1S/C20H28N2O4/c1-13-9-21(10-14(2)25-13)19(23)17-5-7-18(8-6-17)20(24)22-11-15(3)26-16(4)12-22/h5-8,13-16H,9-12H2,1-4H3/t13-,14-,15-,16+/m0/s1. The predicted octanol–water partition coefficient (Wildman–Crippen LogP) is 2.19. The SMILES string of the molecule is C[C@@H]1CN(C(=O)c2ccc(C(=O)N3C[C@H](C)O[C@@H](C)C3)cc2)C[C@H](C)O1. The largest absolute Gasteiger partial charge is 0.372 e. The highest BCUT2D eigenvalue weighted by atomic mass is 16.5. The fourth-order valence-electron chi connectivity index (χ4n) is 3.81. The third-order valence-electron chi connectivity index (χ3n) is 4.79. The summed E-state index contributed by atoms with van der Waals surface area (Å²) in [6.45, 7) is 10.3. The van der Waals surface area contributed by atoms with Gasteiger partial charge in [0.1, 0.15) is 0 Å². The van der Waals surface area contributed by atoms with Crippen molar-refractivity contribution in [2.75, 3.05) is 26.2 Å². The number of hydrogen-bond acceptors (Lipinski definition) is 4. The van der Waals surface area contributed by atoms with Crippen molar-refractivity contribution in [1.82, 2.24) is 9.80 Å². The van der Waals surface area contributed by atoms with Gasteiger partial charge in [-0.15, -0.1) is 0 Å². The number of hydrogen-bond donors (Lipinski definition) is 0. The lowest BCUT2D eigenvalue weighted by molar-refractivity contribution is -0.0587. The molecule has 2 fully saturated rings. The number of amides is 2. The first-order valence-corrected chi connectivity index (χ1v) is 9.33. The summed E-state index contributed by atoms with van der Waals surface area (Å²) >= 11 is 0. The second kappa shape index (κ2) is 7.76. The van der Waals surface area contributed by atoms with Crippen LogP contribution in [0, 0.1) is 0 Å². The molecule has 1 aromatic rings. The summed E-state index contributed by atoms with van der Waals surface area (Å²) in [5, 5.41) is 0. The van der Waals surface area contributed by atoms with E-state index in [1.165, 1.54) is 0 Å². The highest BCUT2D eigenvalue weighted by Crippen LogP contribution is 2.17. The lowest BCUT2D eigenvalue weighted by Crippen LogP contribution is -2.48. The maximum atomic E-state index is 12.7. The molecule has 2 heterocycles. The topological polar surface area (TPSA) is 59.1 Å². The second-order valence-corrected chi connectivity index (χ2v) is 7.51. The van der Waals surface area contributed by atoms with Gasteiger partial charge in [0.05, 0.1) is 24.4 Å². The van der Waals surface area contributed by atoms with Crippen molar-refractivity contribution in [2.45, 2.75) is 52.1 Å². The van der Waals surface area contributed by atoms with E-state index in [4.69, 9.17) is 9.47 Å². The summed E-state index contributed by atoms with van der Waals surface area (Å²) in [5.41, 5.74) is 1.21. The van der Waals surface area contributed by atoms with Crippen LogP contribution in [0.5, 0.6) is 0 Å². The Labute approximate surface area is 155 Å². The van der Waals surface area contributed by atoms with Gasteiger partial charge in [0.25, 0.3) is 11.8 Å². The van der Waals surface area contributed by atoms with Crippen LogP contribution in [0.15, 0.2) is 24.3 Å². The van der Waals surface area contributed by atoms with Crippen LogP contribution in [0.25, 0.3) is 0 Å². The van der Waals surface area contributed by atoms with E-state index >= 15 is 0 Å². The van der Waals surface area contributed by atoms with Crippen LogP contribution in [0.4, 0.5) is 0 Å². The highest BCUT2D eigenvalue weighted by Gasteiger charge is 2.28. The van der Waals surface area contributed by atoms with E-state index in [1.54, 1.807) is 24.3 Å². The number of benzene rings is 1. The molecule has 0 saturated carbocycles. The molecule has 6 heteroatoms. The molecule has 2 amide bonds. The maximum absolute atomic E-state index is 12.7. The Morgan fingerprint density at radius 1 is 0.692 bits per heavy atom. The third kappa shape index (κ3) is 4.24. The van der Waals surface area contributed by atoms with Gasteiger partial charge in [-0.2, -0.15) is 0 Å². The molecule has 2 aliphatic rings. The van der Waals surface area contributed by atoms with E-state index in [0.29, 0.717) is 37.3 Å². The molecule has 0 N–H and O–H groups in total. The molecule has 4 atom stereocenters. The van der Waals surface area contributed by atoms with Gasteiger partial charge in [0, 0.05) is 37.3 Å². The molecule has 142 valence electrons. The van der Waals surface area contributed by atoms with Crippen molar-refractivity contribution in [1.29, 1.82) is 0 Å². The molecular formula is C20H28N2O4. The first-order chi connectivity index (χ1) is 12.3. The van der Waals surface area contributed by atoms with E-state index in [1.807, 2.05) is 37.5 Å². The van der Waals surface area contributed by atoms with Crippen molar-refractivity contribution in [3.05, 3.63) is 35.4 Å². The van der Waals surface area contributed by atoms with Gasteiger partial charge in [-0.1, -0.05) is 0 Å². The fourth-order valence-corrected chi connectivity index (χ4v) is 3.81. The van der Waals surface area contributed by atoms with Crippen molar-refractivity contribution in [3.8, 4) is 0 Å². The van der Waals surface area contributed by atoms with E-state index < -0.39 is 0 Å². The third-order valence-corrected chi connectivity index (χ3v) is 4.79. The zero-order valence-electron chi connectivity index (χ0n) is 16.0. The molecule has 0 radical (unpaired) electrons. The predicted molar refractivity (Wildman–Crippen MR) is 98.3 cm³/mol. The molecule has 2 aliphatic heterocycles. The second-order valence-electron chi connectivity index (χ2n) is 7.51. The smallest absolute Gasteiger partial charge is 0.254 e. The first kappa shape index (κ1) is 18.9. The van der Waals surface area contributed by atoms with Crippen LogP contribution in [0.3, 0.4) is 0 Å². The Morgan fingerprint density at radius 3 is 1.23 bits per heavy atom. The average molecular weight is 360 g/mol. The minimum absolute atomic E-state index is 0.0142. The number of carbonyl (C=O) groups is 2. The summed E-state index contributed by atoms with van der Waals surface area (Å²) in [5.74, 6) is -0.0285. The Kier molecular flexibility index (Phi) is 5.63. The van der Waals surface area contributed by atoms with Gasteiger partial charge in [-0.3, -0.25) is 9.59 Å². The normalized spacial score (nSPS) is 29.5. The van der Waals surface area contributed by atoms with Gasteiger partial charge in [-0.05, 0) is 52.0 Å². The first-order valence-electron chi connectivity index (χ1n) is 9.33. The number of carbonyl (C=O) groups excluding carboxylic acids is 2. The van der Waals surface area contributed by atoms with Crippen molar-refractivity contribution >= 4 is 11.8 Å². The lowest BCUT2D eigenvalue weighted by atomic mass is 10.1. The molecule has 0 aromatic heterocycles. The number of nitrogens with zero attached hydrogens (tertiary/aromatic N) is 2. The van der Waals surface area contributed by atoms with E-state index in [9.17, 15) is 9.59 Å². The van der Waals surface area contributed by atoms with Crippen LogP contribution in [-0.2, 0) is 9.47 Å². The van der Waals surface area contributed by atoms with Crippen molar-refractivity contribution < 1.29 is 19.1 Å². The van der Waals surface area contributed by atoms with Gasteiger partial charge in [-0.25, -0.2) is 0 Å². The molecule has 6 nitrogen and oxygen atoms in total. The Balaban J connectivity index is 1.68. The molecular weight excluding hydrogens is 332 g/mol. The molecule has 0 spiro atoms. The zero-order chi connectivity index (χ0) is 18.8. The molecule has 3 rings (SSSR count). The number of rotatable bonds is 2. The van der Waals surface area contributed by atoms with Gasteiger partial charge in [0.15, 0.2) is 0 Å². The monoisotopic (exact) mass is 360 g/mol. The minimum atomic E-state index is -0.0142. The summed E-state index contributed by atoms with van der Waals surface area (Å²) in [7, 11) is 0. The van der Waals surface area contributed by atoms with Crippen LogP contribution in [0.1, 0.15) is 48.4 Å². The zero-order valence-corrected chi connectivity index (χ0v) is 16.0. The average Bonchev–Trinajstić information content (AvgIpc) is 2.59. The van der Waals surface area contributed by atoms with Crippen LogP contribution < -0.4 is 0 Å². The summed E-state index contributed by atoms with van der Waals surface area (Å²) in [6, 6.07) is 6.97. The number of ether oxygens (including phenoxy) is 2. The van der Waals surface area contributed by atoms with E-state index in [0.717, 1.165) is 0 Å². The van der Waals surface area contributed by atoms with Crippen molar-refractivity contribution in [3.63, 3.8) is 0 Å². The molecule has 0 bridgehead atoms. The summed E-state index contributed by atoms with van der Waals surface area (Å²) < 4.78 is 11.4.